The quantitative estimate of drug-likeness (QED) is 0.915. The highest BCUT2D eigenvalue weighted by Crippen LogP contribution is 2.30. The molecule has 0 aliphatic heterocycles. The smallest absolute Gasteiger partial charge is 0.227 e. The Kier molecular flexibility index (Phi) is 3.76. The van der Waals surface area contributed by atoms with Gasteiger partial charge in [0.05, 0.1) is 10.7 Å². The molecule has 1 aliphatic carbocycles. The third-order valence-electron chi connectivity index (χ3n) is 3.51. The van der Waals surface area contributed by atoms with Crippen LogP contribution < -0.4 is 5.32 Å². The first kappa shape index (κ1) is 13.6. The van der Waals surface area contributed by atoms with Gasteiger partial charge in [0, 0.05) is 21.5 Å². The van der Waals surface area contributed by atoms with E-state index in [-0.39, 0.29) is 11.8 Å². The van der Waals surface area contributed by atoms with E-state index in [1.54, 1.807) is 23.5 Å². The van der Waals surface area contributed by atoms with Crippen molar-refractivity contribution in [3.63, 3.8) is 0 Å². The number of carbonyl (C=O) groups is 1. The maximum Gasteiger partial charge on any atom is 0.227 e. The van der Waals surface area contributed by atoms with Crippen molar-refractivity contribution in [2.45, 2.75) is 26.2 Å². The molecule has 1 unspecified atom stereocenters. The molecule has 1 atom stereocenters. The van der Waals surface area contributed by atoms with Crippen molar-refractivity contribution >= 4 is 34.5 Å². The van der Waals surface area contributed by atoms with Gasteiger partial charge in [-0.25, -0.2) is 4.98 Å². The number of anilines is 1. The summed E-state index contributed by atoms with van der Waals surface area (Å²) in [6.45, 7) is 2.02. The van der Waals surface area contributed by atoms with Crippen molar-refractivity contribution in [2.75, 3.05) is 5.32 Å². The van der Waals surface area contributed by atoms with E-state index in [0.29, 0.717) is 5.02 Å². The van der Waals surface area contributed by atoms with Gasteiger partial charge in [-0.15, -0.1) is 11.3 Å². The first-order chi connectivity index (χ1) is 9.61. The van der Waals surface area contributed by atoms with Crippen molar-refractivity contribution in [1.82, 2.24) is 4.98 Å². The van der Waals surface area contributed by atoms with Gasteiger partial charge in [0.1, 0.15) is 0 Å². The van der Waals surface area contributed by atoms with Gasteiger partial charge in [0.25, 0.3) is 0 Å². The molecule has 1 aromatic heterocycles. The van der Waals surface area contributed by atoms with Crippen molar-refractivity contribution in [2.24, 2.45) is 5.92 Å². The second kappa shape index (κ2) is 5.54. The van der Waals surface area contributed by atoms with Crippen LogP contribution in [0.4, 0.5) is 5.69 Å². The number of nitrogens with zero attached hydrogens (tertiary/aromatic N) is 1. The van der Waals surface area contributed by atoms with E-state index < -0.39 is 0 Å². The van der Waals surface area contributed by atoms with Crippen molar-refractivity contribution in [3.8, 4) is 0 Å². The summed E-state index contributed by atoms with van der Waals surface area (Å²) in [5.74, 6) is 0.102. The van der Waals surface area contributed by atoms with Crippen LogP contribution >= 0.6 is 22.9 Å². The molecule has 1 heterocycles. The van der Waals surface area contributed by atoms with E-state index >= 15 is 0 Å². The zero-order chi connectivity index (χ0) is 14.1. The Hall–Kier alpha value is -1.39. The molecular weight excluding hydrogens is 292 g/mol. The summed E-state index contributed by atoms with van der Waals surface area (Å²) in [4.78, 5) is 18.1. The summed E-state index contributed by atoms with van der Waals surface area (Å²) >= 11 is 7.63. The van der Waals surface area contributed by atoms with Crippen molar-refractivity contribution < 1.29 is 4.79 Å². The lowest BCUT2D eigenvalue weighted by molar-refractivity contribution is -0.120. The summed E-state index contributed by atoms with van der Waals surface area (Å²) < 4.78 is 0. The molecular formula is C15H15ClN2OS. The standard InChI is InChI=1S/C15H15ClN2OS/c1-9-17-13-6-5-10(7-14(13)20-9)15(19)18-12-4-2-3-11(16)8-12/h2-4,8,10H,5-7H2,1H3,(H,18,19). The Bertz CT molecular complexity index is 653. The highest BCUT2D eigenvalue weighted by Gasteiger charge is 2.27. The minimum Gasteiger partial charge on any atom is -0.326 e. The minimum absolute atomic E-state index is 0.0290. The molecule has 0 radical (unpaired) electrons. The van der Waals surface area contributed by atoms with Crippen LogP contribution in [-0.2, 0) is 17.6 Å². The van der Waals surface area contributed by atoms with Crippen LogP contribution in [0.5, 0.6) is 0 Å². The SMILES string of the molecule is Cc1nc2c(s1)CC(C(=O)Nc1cccc(Cl)c1)CC2. The molecule has 1 aromatic carbocycles. The molecule has 20 heavy (non-hydrogen) atoms. The monoisotopic (exact) mass is 306 g/mol. The average Bonchev–Trinajstić information content (AvgIpc) is 2.77. The van der Waals surface area contributed by atoms with Gasteiger partial charge < -0.3 is 5.32 Å². The fraction of sp³-hybridized carbons (Fsp3) is 0.333. The van der Waals surface area contributed by atoms with Crippen molar-refractivity contribution in [3.05, 3.63) is 44.9 Å². The first-order valence-electron chi connectivity index (χ1n) is 6.63. The number of nitrogens with one attached hydrogen (secondary N) is 1. The molecule has 0 saturated heterocycles. The van der Waals surface area contributed by atoms with E-state index in [9.17, 15) is 4.79 Å². The third-order valence-corrected chi connectivity index (χ3v) is 4.78. The van der Waals surface area contributed by atoms with Gasteiger partial charge in [-0.05, 0) is 44.4 Å². The highest BCUT2D eigenvalue weighted by molar-refractivity contribution is 7.11. The van der Waals surface area contributed by atoms with Gasteiger partial charge in [0.15, 0.2) is 0 Å². The number of hydrogen-bond donors (Lipinski definition) is 1. The number of amides is 1. The number of carbonyl (C=O) groups excluding carboxylic acids is 1. The maximum absolute atomic E-state index is 12.3. The number of rotatable bonds is 2. The van der Waals surface area contributed by atoms with E-state index in [1.807, 2.05) is 19.1 Å². The van der Waals surface area contributed by atoms with Gasteiger partial charge in [0.2, 0.25) is 5.91 Å². The summed E-state index contributed by atoms with van der Waals surface area (Å²) in [6, 6.07) is 7.26. The van der Waals surface area contributed by atoms with E-state index in [1.165, 1.54) is 10.6 Å². The highest BCUT2D eigenvalue weighted by atomic mass is 35.5. The second-order valence-corrected chi connectivity index (χ2v) is 6.77. The zero-order valence-corrected chi connectivity index (χ0v) is 12.7. The number of thiazole rings is 1. The fourth-order valence-corrected chi connectivity index (χ4v) is 3.79. The second-order valence-electron chi connectivity index (χ2n) is 5.04. The Balaban J connectivity index is 1.70. The normalized spacial score (nSPS) is 17.6. The van der Waals surface area contributed by atoms with Crippen LogP contribution in [0, 0.1) is 12.8 Å². The van der Waals surface area contributed by atoms with Gasteiger partial charge >= 0.3 is 0 Å². The number of benzene rings is 1. The average molecular weight is 307 g/mol. The maximum atomic E-state index is 12.3. The number of aromatic nitrogens is 1. The minimum atomic E-state index is 0.0290. The molecule has 3 rings (SSSR count). The molecule has 104 valence electrons. The molecule has 1 N–H and O–H groups in total. The van der Waals surface area contributed by atoms with Crippen LogP contribution in [0.25, 0.3) is 0 Å². The van der Waals surface area contributed by atoms with E-state index in [2.05, 4.69) is 10.3 Å². The Morgan fingerprint density at radius 1 is 1.50 bits per heavy atom. The Morgan fingerprint density at radius 3 is 3.15 bits per heavy atom. The lowest BCUT2D eigenvalue weighted by atomic mass is 9.90. The molecule has 0 saturated carbocycles. The van der Waals surface area contributed by atoms with Crippen LogP contribution in [0.3, 0.4) is 0 Å². The Morgan fingerprint density at radius 2 is 2.35 bits per heavy atom. The molecule has 0 fully saturated rings. The van der Waals surface area contributed by atoms with Crippen molar-refractivity contribution in [1.29, 1.82) is 0 Å². The fourth-order valence-electron chi connectivity index (χ4n) is 2.54. The number of hydrogen-bond acceptors (Lipinski definition) is 3. The lowest BCUT2D eigenvalue weighted by Gasteiger charge is -2.20. The molecule has 1 aliphatic rings. The van der Waals surface area contributed by atoms with Crippen LogP contribution in [-0.4, -0.2) is 10.9 Å². The summed E-state index contributed by atoms with van der Waals surface area (Å²) in [5.41, 5.74) is 1.94. The van der Waals surface area contributed by atoms with Gasteiger partial charge in [-0.3, -0.25) is 4.79 Å². The molecule has 5 heteroatoms. The van der Waals surface area contributed by atoms with Crippen LogP contribution in [0.1, 0.15) is 22.0 Å². The number of aryl methyl sites for hydroxylation is 2. The predicted molar refractivity (Wildman–Crippen MR) is 82.4 cm³/mol. The molecule has 1 amide bonds. The molecule has 0 bridgehead atoms. The van der Waals surface area contributed by atoms with Gasteiger partial charge in [-0.1, -0.05) is 17.7 Å². The molecule has 3 nitrogen and oxygen atoms in total. The van der Waals surface area contributed by atoms with Gasteiger partial charge in [-0.2, -0.15) is 0 Å². The summed E-state index contributed by atoms with van der Waals surface area (Å²) in [6.07, 6.45) is 2.56. The number of halogens is 1. The van der Waals surface area contributed by atoms with E-state index in [0.717, 1.165) is 30.0 Å². The van der Waals surface area contributed by atoms with Crippen LogP contribution in [0.2, 0.25) is 5.02 Å². The van der Waals surface area contributed by atoms with Crippen LogP contribution in [0.15, 0.2) is 24.3 Å². The Labute approximate surface area is 127 Å². The third kappa shape index (κ3) is 2.86. The van der Waals surface area contributed by atoms with E-state index in [4.69, 9.17) is 11.6 Å². The predicted octanol–water partition coefficient (Wildman–Crippen LogP) is 3.85. The largest absolute Gasteiger partial charge is 0.326 e. The molecule has 2 aromatic rings. The summed E-state index contributed by atoms with van der Waals surface area (Å²) in [5, 5.41) is 4.67. The zero-order valence-electron chi connectivity index (χ0n) is 11.1. The number of fused-ring (bicyclic) bond motifs is 1. The molecule has 0 spiro atoms. The topological polar surface area (TPSA) is 42.0 Å². The first-order valence-corrected chi connectivity index (χ1v) is 7.83. The lowest BCUT2D eigenvalue weighted by Crippen LogP contribution is -2.27. The summed E-state index contributed by atoms with van der Waals surface area (Å²) in [7, 11) is 0.